The summed E-state index contributed by atoms with van der Waals surface area (Å²) in [5.74, 6) is 0.451. The summed E-state index contributed by atoms with van der Waals surface area (Å²) >= 11 is 9.40. The summed E-state index contributed by atoms with van der Waals surface area (Å²) in [6.07, 6.45) is 0.894. The van der Waals surface area contributed by atoms with Crippen molar-refractivity contribution >= 4 is 68.4 Å². The molecule has 31 heavy (non-hydrogen) atoms. The van der Waals surface area contributed by atoms with Crippen molar-refractivity contribution in [1.29, 1.82) is 0 Å². The Balaban J connectivity index is 0.00000272. The van der Waals surface area contributed by atoms with Gasteiger partial charge in [-0.3, -0.25) is 14.6 Å². The van der Waals surface area contributed by atoms with Crippen LogP contribution in [0.15, 0.2) is 53.4 Å². The van der Waals surface area contributed by atoms with Crippen LogP contribution < -0.4 is 4.90 Å². The van der Waals surface area contributed by atoms with E-state index in [4.69, 9.17) is 21.3 Å². The number of rotatable bonds is 8. The first kappa shape index (κ1) is 24.3. The van der Waals surface area contributed by atoms with Crippen molar-refractivity contribution in [3.05, 3.63) is 53.6 Å². The predicted molar refractivity (Wildman–Crippen MR) is 133 cm³/mol. The van der Waals surface area contributed by atoms with Gasteiger partial charge in [0.15, 0.2) is 5.13 Å². The van der Waals surface area contributed by atoms with E-state index in [1.807, 2.05) is 53.4 Å². The summed E-state index contributed by atoms with van der Waals surface area (Å²) in [6.45, 7) is 5.07. The van der Waals surface area contributed by atoms with Gasteiger partial charge in [0, 0.05) is 31.1 Å². The van der Waals surface area contributed by atoms with Crippen LogP contribution in [0.3, 0.4) is 0 Å². The molecule has 0 bridgehead atoms. The molecule has 1 amide bonds. The van der Waals surface area contributed by atoms with E-state index < -0.39 is 0 Å². The number of fused-ring (bicyclic) bond motifs is 1. The Morgan fingerprint density at radius 1 is 1.16 bits per heavy atom. The van der Waals surface area contributed by atoms with Crippen LogP contribution in [0.4, 0.5) is 5.13 Å². The lowest BCUT2D eigenvalue weighted by Crippen LogP contribution is -2.39. The fourth-order valence-corrected chi connectivity index (χ4v) is 5.47. The van der Waals surface area contributed by atoms with Crippen LogP contribution in [0, 0.1) is 0 Å². The number of hydrogen-bond acceptors (Lipinski definition) is 6. The first-order chi connectivity index (χ1) is 14.7. The van der Waals surface area contributed by atoms with Crippen molar-refractivity contribution in [1.82, 2.24) is 9.88 Å². The summed E-state index contributed by atoms with van der Waals surface area (Å²) in [6, 6.07) is 15.8. The molecule has 2 heterocycles. The highest BCUT2D eigenvalue weighted by Crippen LogP contribution is 2.33. The van der Waals surface area contributed by atoms with Gasteiger partial charge in [0.05, 0.1) is 28.7 Å². The number of thiazole rings is 1. The maximum absolute atomic E-state index is 13.2. The van der Waals surface area contributed by atoms with Gasteiger partial charge in [-0.05, 0) is 30.7 Å². The molecule has 1 aliphatic rings. The summed E-state index contributed by atoms with van der Waals surface area (Å²) in [5.41, 5.74) is 0.765. The zero-order valence-corrected chi connectivity index (χ0v) is 20.2. The Morgan fingerprint density at radius 3 is 2.68 bits per heavy atom. The Labute approximate surface area is 202 Å². The Bertz CT molecular complexity index is 981. The van der Waals surface area contributed by atoms with Crippen molar-refractivity contribution in [2.24, 2.45) is 0 Å². The van der Waals surface area contributed by atoms with E-state index in [0.717, 1.165) is 59.5 Å². The molecule has 4 rings (SSSR count). The lowest BCUT2D eigenvalue weighted by molar-refractivity contribution is -0.116. The average Bonchev–Trinajstić information content (AvgIpc) is 3.22. The van der Waals surface area contributed by atoms with Crippen LogP contribution in [0.1, 0.15) is 6.42 Å². The Hall–Kier alpha value is -1.35. The second-order valence-electron chi connectivity index (χ2n) is 7.04. The first-order valence-electron chi connectivity index (χ1n) is 10.0. The quantitative estimate of drug-likeness (QED) is 0.399. The van der Waals surface area contributed by atoms with E-state index in [2.05, 4.69) is 4.90 Å². The van der Waals surface area contributed by atoms with E-state index >= 15 is 0 Å². The van der Waals surface area contributed by atoms with Crippen molar-refractivity contribution < 1.29 is 9.53 Å². The normalized spacial score (nSPS) is 14.4. The number of halogens is 2. The Kier molecular flexibility index (Phi) is 9.44. The SMILES string of the molecule is Cl.O=C(CSc1ccccc1)N(CCCN1CCOCC1)c1nc2c(Cl)cccc2s1. The van der Waals surface area contributed by atoms with Gasteiger partial charge >= 0.3 is 0 Å². The lowest BCUT2D eigenvalue weighted by Gasteiger charge is -2.27. The third kappa shape index (κ3) is 6.57. The minimum absolute atomic E-state index is 0. The maximum Gasteiger partial charge on any atom is 0.239 e. The average molecular weight is 499 g/mol. The second-order valence-corrected chi connectivity index (χ2v) is 9.50. The van der Waals surface area contributed by atoms with E-state index in [1.165, 1.54) is 11.3 Å². The number of anilines is 1. The van der Waals surface area contributed by atoms with Gasteiger partial charge in [0.2, 0.25) is 5.91 Å². The fourth-order valence-electron chi connectivity index (χ4n) is 3.36. The summed E-state index contributed by atoms with van der Waals surface area (Å²) in [4.78, 5) is 23.2. The molecule has 2 aromatic carbocycles. The molecule has 1 aromatic heterocycles. The zero-order chi connectivity index (χ0) is 20.8. The molecular formula is C22H25Cl2N3O2S2. The van der Waals surface area contributed by atoms with Gasteiger partial charge in [-0.2, -0.15) is 0 Å². The number of aromatic nitrogens is 1. The van der Waals surface area contributed by atoms with Gasteiger partial charge < -0.3 is 4.74 Å². The highest BCUT2D eigenvalue weighted by Gasteiger charge is 2.21. The van der Waals surface area contributed by atoms with Crippen LogP contribution in [-0.2, 0) is 9.53 Å². The fraction of sp³-hybridized carbons (Fsp3) is 0.364. The number of carbonyl (C=O) groups excluding carboxylic acids is 1. The molecule has 0 unspecified atom stereocenters. The topological polar surface area (TPSA) is 45.7 Å². The minimum atomic E-state index is 0. The third-order valence-corrected chi connectivity index (χ3v) is 7.30. The second kappa shape index (κ2) is 12.0. The maximum atomic E-state index is 13.2. The number of thioether (sulfide) groups is 1. The number of ether oxygens (including phenoxy) is 1. The van der Waals surface area contributed by atoms with Gasteiger partial charge in [-0.1, -0.05) is 47.2 Å². The van der Waals surface area contributed by atoms with E-state index in [-0.39, 0.29) is 18.3 Å². The van der Waals surface area contributed by atoms with E-state index in [0.29, 0.717) is 17.3 Å². The van der Waals surface area contributed by atoms with E-state index in [1.54, 1.807) is 11.8 Å². The molecular weight excluding hydrogens is 473 g/mol. The summed E-state index contributed by atoms with van der Waals surface area (Å²) in [5, 5.41) is 1.34. The highest BCUT2D eigenvalue weighted by molar-refractivity contribution is 8.00. The van der Waals surface area contributed by atoms with Gasteiger partial charge in [-0.25, -0.2) is 4.98 Å². The molecule has 0 spiro atoms. The molecule has 1 saturated heterocycles. The van der Waals surface area contributed by atoms with Crippen molar-refractivity contribution in [3.8, 4) is 0 Å². The number of benzene rings is 2. The van der Waals surface area contributed by atoms with Crippen LogP contribution in [0.2, 0.25) is 5.02 Å². The molecule has 0 N–H and O–H groups in total. The van der Waals surface area contributed by atoms with Crippen molar-refractivity contribution in [2.45, 2.75) is 11.3 Å². The first-order valence-corrected chi connectivity index (χ1v) is 12.2. The van der Waals surface area contributed by atoms with Crippen molar-refractivity contribution in [2.75, 3.05) is 50.0 Å². The van der Waals surface area contributed by atoms with Crippen LogP contribution in [-0.4, -0.2) is 60.9 Å². The number of para-hydroxylation sites is 1. The van der Waals surface area contributed by atoms with Gasteiger partial charge in [0.25, 0.3) is 0 Å². The standard InChI is InChI=1S/C22H24ClN3O2S2.ClH/c23-18-8-4-9-19-21(18)24-22(30-19)26(11-5-10-25-12-14-28-15-13-25)20(27)16-29-17-6-2-1-3-7-17;/h1-4,6-9H,5,10-16H2;1H. The molecule has 1 aliphatic heterocycles. The number of carbonyl (C=O) groups is 1. The molecule has 166 valence electrons. The van der Waals surface area contributed by atoms with Crippen LogP contribution in [0.25, 0.3) is 10.2 Å². The van der Waals surface area contributed by atoms with Crippen LogP contribution >= 0.6 is 47.1 Å². The summed E-state index contributed by atoms with van der Waals surface area (Å²) < 4.78 is 6.42. The number of hydrogen-bond donors (Lipinski definition) is 0. The molecule has 3 aromatic rings. The number of morpholine rings is 1. The van der Waals surface area contributed by atoms with Gasteiger partial charge in [-0.15, -0.1) is 24.2 Å². The zero-order valence-electron chi connectivity index (χ0n) is 17.0. The molecule has 5 nitrogen and oxygen atoms in total. The molecule has 0 aliphatic carbocycles. The monoisotopic (exact) mass is 497 g/mol. The van der Waals surface area contributed by atoms with Crippen molar-refractivity contribution in [3.63, 3.8) is 0 Å². The smallest absolute Gasteiger partial charge is 0.239 e. The molecule has 9 heteroatoms. The third-order valence-electron chi connectivity index (χ3n) is 4.96. The molecule has 1 fully saturated rings. The predicted octanol–water partition coefficient (Wildman–Crippen LogP) is 5.22. The summed E-state index contributed by atoms with van der Waals surface area (Å²) in [7, 11) is 0. The highest BCUT2D eigenvalue weighted by atomic mass is 35.5. The minimum Gasteiger partial charge on any atom is -0.379 e. The molecule has 0 radical (unpaired) electrons. The van der Waals surface area contributed by atoms with Gasteiger partial charge in [0.1, 0.15) is 5.52 Å². The van der Waals surface area contributed by atoms with E-state index in [9.17, 15) is 4.79 Å². The Morgan fingerprint density at radius 2 is 1.94 bits per heavy atom. The number of nitrogens with zero attached hydrogens (tertiary/aromatic N) is 3. The lowest BCUT2D eigenvalue weighted by atomic mass is 10.3. The molecule has 0 saturated carbocycles. The van der Waals surface area contributed by atoms with Crippen LogP contribution in [0.5, 0.6) is 0 Å². The number of amides is 1. The largest absolute Gasteiger partial charge is 0.379 e. The molecule has 0 atom stereocenters.